The summed E-state index contributed by atoms with van der Waals surface area (Å²) in [5, 5.41) is 4.13. The van der Waals surface area contributed by atoms with Crippen LogP contribution in [0.4, 0.5) is 13.2 Å². The molecule has 0 aliphatic rings. The monoisotopic (exact) mass is 337 g/mol. The maximum Gasteiger partial charge on any atom is 0.471 e. The van der Waals surface area contributed by atoms with Crippen molar-refractivity contribution < 1.29 is 22.5 Å². The third-order valence-corrected chi connectivity index (χ3v) is 3.66. The summed E-state index contributed by atoms with van der Waals surface area (Å²) in [6.07, 6.45) is -2.97. The summed E-state index contributed by atoms with van der Waals surface area (Å²) in [6.45, 7) is 5.43. The fraction of sp³-hybridized carbons (Fsp3) is 0.312. The molecule has 0 fully saturated rings. The first-order chi connectivity index (χ1) is 11.2. The van der Waals surface area contributed by atoms with Crippen LogP contribution < -0.4 is 0 Å². The van der Waals surface area contributed by atoms with Crippen molar-refractivity contribution in [3.05, 3.63) is 35.9 Å². The zero-order valence-corrected chi connectivity index (χ0v) is 13.2. The molecule has 1 aromatic carbocycles. The maximum absolute atomic E-state index is 12.6. The fourth-order valence-corrected chi connectivity index (χ4v) is 2.45. The van der Waals surface area contributed by atoms with Gasteiger partial charge in [0.05, 0.1) is 5.52 Å². The molecule has 0 radical (unpaired) electrons. The SMILES string of the molecule is Cc1cn(C(=O)C(C)C)c2ccc(-c3noc(C(F)(F)F)n3)cc12. The predicted octanol–water partition coefficient (Wildman–Crippen LogP) is 4.31. The van der Waals surface area contributed by atoms with E-state index in [-0.39, 0.29) is 17.6 Å². The second-order valence-corrected chi connectivity index (χ2v) is 5.83. The van der Waals surface area contributed by atoms with Crippen molar-refractivity contribution in [3.8, 4) is 11.4 Å². The highest BCUT2D eigenvalue weighted by atomic mass is 19.4. The average Bonchev–Trinajstić information content (AvgIpc) is 3.11. The number of benzene rings is 1. The molecule has 0 atom stereocenters. The Bertz CT molecular complexity index is 922. The van der Waals surface area contributed by atoms with Gasteiger partial charge in [-0.1, -0.05) is 19.0 Å². The zero-order chi connectivity index (χ0) is 17.6. The van der Waals surface area contributed by atoms with Crippen molar-refractivity contribution in [1.29, 1.82) is 0 Å². The van der Waals surface area contributed by atoms with Crippen LogP contribution in [0.1, 0.15) is 30.1 Å². The lowest BCUT2D eigenvalue weighted by Crippen LogP contribution is -2.15. The van der Waals surface area contributed by atoms with E-state index >= 15 is 0 Å². The van der Waals surface area contributed by atoms with Crippen molar-refractivity contribution >= 4 is 16.8 Å². The Labute approximate surface area is 135 Å². The summed E-state index contributed by atoms with van der Waals surface area (Å²) in [5.74, 6) is -1.76. The largest absolute Gasteiger partial charge is 0.471 e. The van der Waals surface area contributed by atoms with Crippen LogP contribution in [0.15, 0.2) is 28.9 Å². The number of hydrogen-bond donors (Lipinski definition) is 0. The molecule has 5 nitrogen and oxygen atoms in total. The fourth-order valence-electron chi connectivity index (χ4n) is 2.45. The molecule has 0 N–H and O–H groups in total. The topological polar surface area (TPSA) is 60.9 Å². The molecule has 126 valence electrons. The number of carbonyl (C=O) groups excluding carboxylic acids is 1. The smallest absolute Gasteiger partial charge is 0.329 e. The number of alkyl halides is 3. The molecular formula is C16H14F3N3O2. The first kappa shape index (κ1) is 16.2. The summed E-state index contributed by atoms with van der Waals surface area (Å²) >= 11 is 0. The summed E-state index contributed by atoms with van der Waals surface area (Å²) in [7, 11) is 0. The van der Waals surface area contributed by atoms with Crippen molar-refractivity contribution in [2.75, 3.05) is 0 Å². The summed E-state index contributed by atoms with van der Waals surface area (Å²) in [4.78, 5) is 15.6. The van der Waals surface area contributed by atoms with Gasteiger partial charge in [0.15, 0.2) is 0 Å². The van der Waals surface area contributed by atoms with Gasteiger partial charge in [0.1, 0.15) is 0 Å². The molecular weight excluding hydrogens is 323 g/mol. The number of aromatic nitrogens is 3. The molecule has 2 heterocycles. The Balaban J connectivity index is 2.08. The highest BCUT2D eigenvalue weighted by Gasteiger charge is 2.38. The van der Waals surface area contributed by atoms with Gasteiger partial charge in [0.25, 0.3) is 0 Å². The van der Waals surface area contributed by atoms with Gasteiger partial charge in [-0.15, -0.1) is 0 Å². The van der Waals surface area contributed by atoms with Gasteiger partial charge < -0.3 is 4.52 Å². The van der Waals surface area contributed by atoms with Gasteiger partial charge in [-0.25, -0.2) is 0 Å². The Morgan fingerprint density at radius 2 is 2.00 bits per heavy atom. The van der Waals surface area contributed by atoms with Crippen LogP contribution in [0.5, 0.6) is 0 Å². The molecule has 0 aliphatic heterocycles. The lowest BCUT2D eigenvalue weighted by atomic mass is 10.1. The van der Waals surface area contributed by atoms with E-state index in [0.717, 1.165) is 10.9 Å². The lowest BCUT2D eigenvalue weighted by molar-refractivity contribution is -0.159. The first-order valence-corrected chi connectivity index (χ1v) is 7.25. The van der Waals surface area contributed by atoms with E-state index in [2.05, 4.69) is 14.7 Å². The van der Waals surface area contributed by atoms with Crippen molar-refractivity contribution in [3.63, 3.8) is 0 Å². The van der Waals surface area contributed by atoms with E-state index < -0.39 is 12.1 Å². The highest BCUT2D eigenvalue weighted by molar-refractivity contribution is 5.96. The van der Waals surface area contributed by atoms with Crippen LogP contribution in [0, 0.1) is 12.8 Å². The molecule has 0 amide bonds. The normalized spacial score (nSPS) is 12.3. The van der Waals surface area contributed by atoms with Crippen molar-refractivity contribution in [2.45, 2.75) is 26.9 Å². The standard InChI is InChI=1S/C16H14F3N3O2/c1-8(2)14(23)22-7-9(3)11-6-10(4-5-12(11)22)13-20-15(24-21-13)16(17,18)19/h4-8H,1-3H3. The molecule has 0 unspecified atom stereocenters. The Morgan fingerprint density at radius 3 is 2.58 bits per heavy atom. The predicted molar refractivity (Wildman–Crippen MR) is 80.4 cm³/mol. The minimum atomic E-state index is -4.68. The van der Waals surface area contributed by atoms with Crippen LogP contribution >= 0.6 is 0 Å². The molecule has 0 aliphatic carbocycles. The van der Waals surface area contributed by atoms with Gasteiger partial charge >= 0.3 is 12.1 Å². The molecule has 3 aromatic rings. The number of rotatable bonds is 2. The summed E-state index contributed by atoms with van der Waals surface area (Å²) in [5.41, 5.74) is 1.91. The second kappa shape index (κ2) is 5.47. The molecule has 3 rings (SSSR count). The van der Waals surface area contributed by atoms with Crippen molar-refractivity contribution in [1.82, 2.24) is 14.7 Å². The maximum atomic E-state index is 12.6. The number of aryl methyl sites for hydroxylation is 1. The number of halogens is 3. The molecule has 0 bridgehead atoms. The van der Waals surface area contributed by atoms with E-state index in [1.165, 1.54) is 0 Å². The number of fused-ring (bicyclic) bond motifs is 1. The van der Waals surface area contributed by atoms with Gasteiger partial charge in [-0.05, 0) is 30.7 Å². The quantitative estimate of drug-likeness (QED) is 0.699. The number of carbonyl (C=O) groups is 1. The highest BCUT2D eigenvalue weighted by Crippen LogP contribution is 2.31. The third kappa shape index (κ3) is 2.68. The van der Waals surface area contributed by atoms with Gasteiger partial charge in [0, 0.05) is 23.1 Å². The van der Waals surface area contributed by atoms with Crippen LogP contribution in [-0.2, 0) is 6.18 Å². The van der Waals surface area contributed by atoms with Crippen LogP contribution in [0.25, 0.3) is 22.3 Å². The van der Waals surface area contributed by atoms with Gasteiger partial charge in [-0.3, -0.25) is 9.36 Å². The van der Waals surface area contributed by atoms with E-state index in [4.69, 9.17) is 0 Å². The number of hydrogen-bond acceptors (Lipinski definition) is 4. The van der Waals surface area contributed by atoms with Crippen LogP contribution in [0.3, 0.4) is 0 Å². The van der Waals surface area contributed by atoms with E-state index in [9.17, 15) is 18.0 Å². The van der Waals surface area contributed by atoms with E-state index in [1.807, 2.05) is 6.92 Å². The third-order valence-electron chi connectivity index (χ3n) is 3.66. The van der Waals surface area contributed by atoms with Crippen LogP contribution in [-0.4, -0.2) is 20.6 Å². The molecule has 0 saturated carbocycles. The molecule has 2 aromatic heterocycles. The second-order valence-electron chi connectivity index (χ2n) is 5.83. The minimum absolute atomic E-state index is 0.0558. The minimum Gasteiger partial charge on any atom is -0.329 e. The Kier molecular flexibility index (Phi) is 3.70. The summed E-state index contributed by atoms with van der Waals surface area (Å²) < 4.78 is 43.5. The zero-order valence-electron chi connectivity index (χ0n) is 13.2. The van der Waals surface area contributed by atoms with E-state index in [1.54, 1.807) is 42.8 Å². The molecule has 0 saturated heterocycles. The molecule has 24 heavy (non-hydrogen) atoms. The van der Waals surface area contributed by atoms with Crippen LogP contribution in [0.2, 0.25) is 0 Å². The van der Waals surface area contributed by atoms with Crippen molar-refractivity contribution in [2.24, 2.45) is 5.92 Å². The number of nitrogens with zero attached hydrogens (tertiary/aromatic N) is 3. The average molecular weight is 337 g/mol. The first-order valence-electron chi connectivity index (χ1n) is 7.25. The molecule has 8 heteroatoms. The lowest BCUT2D eigenvalue weighted by Gasteiger charge is -2.06. The molecule has 0 spiro atoms. The Hall–Kier alpha value is -2.64. The Morgan fingerprint density at radius 1 is 1.29 bits per heavy atom. The van der Waals surface area contributed by atoms with E-state index in [0.29, 0.717) is 11.1 Å². The van der Waals surface area contributed by atoms with Gasteiger partial charge in [0.2, 0.25) is 11.7 Å². The van der Waals surface area contributed by atoms with Gasteiger partial charge in [-0.2, -0.15) is 18.2 Å². The summed E-state index contributed by atoms with van der Waals surface area (Å²) in [6, 6.07) is 4.89.